The molecule has 0 saturated heterocycles. The molecule has 5 heteroatoms. The van der Waals surface area contributed by atoms with Crippen molar-refractivity contribution in [3.8, 4) is 0 Å². The van der Waals surface area contributed by atoms with Gasteiger partial charge in [-0.15, -0.1) is 0 Å². The van der Waals surface area contributed by atoms with Crippen LogP contribution < -0.4 is 5.32 Å². The van der Waals surface area contributed by atoms with Crippen LogP contribution in [-0.2, 0) is 16.4 Å². The number of sulfone groups is 1. The van der Waals surface area contributed by atoms with Crippen LogP contribution in [-0.4, -0.2) is 27.0 Å². The maximum atomic E-state index is 10.9. The highest BCUT2D eigenvalue weighted by molar-refractivity contribution is 7.90. The van der Waals surface area contributed by atoms with Crippen LogP contribution in [0.2, 0.25) is 0 Å². The summed E-state index contributed by atoms with van der Waals surface area (Å²) in [6, 6.07) is 1.96. The Hall–Kier alpha value is -0.810. The van der Waals surface area contributed by atoms with E-state index < -0.39 is 9.84 Å². The van der Waals surface area contributed by atoms with Crippen LogP contribution in [0.15, 0.2) is 10.5 Å². The van der Waals surface area contributed by atoms with Gasteiger partial charge in [0.25, 0.3) is 0 Å². The van der Waals surface area contributed by atoms with Crippen LogP contribution in [0.4, 0.5) is 0 Å². The zero-order valence-electron chi connectivity index (χ0n) is 9.33. The molecule has 0 saturated carbocycles. The van der Waals surface area contributed by atoms with Gasteiger partial charge in [-0.25, -0.2) is 8.42 Å². The fraction of sp³-hybridized carbons (Fsp3) is 0.600. The highest BCUT2D eigenvalue weighted by Crippen LogP contribution is 2.12. The Morgan fingerprint density at radius 1 is 1.40 bits per heavy atom. The maximum absolute atomic E-state index is 10.9. The van der Waals surface area contributed by atoms with Gasteiger partial charge < -0.3 is 9.73 Å². The summed E-state index contributed by atoms with van der Waals surface area (Å²) >= 11 is 0. The van der Waals surface area contributed by atoms with Gasteiger partial charge in [0.2, 0.25) is 0 Å². The van der Waals surface area contributed by atoms with E-state index in [0.29, 0.717) is 13.1 Å². The van der Waals surface area contributed by atoms with E-state index in [1.807, 2.05) is 19.9 Å². The quantitative estimate of drug-likeness (QED) is 0.769. The minimum atomic E-state index is -2.87. The molecule has 0 aliphatic rings. The zero-order valence-corrected chi connectivity index (χ0v) is 10.1. The maximum Gasteiger partial charge on any atom is 0.148 e. The van der Waals surface area contributed by atoms with Gasteiger partial charge in [0.15, 0.2) is 0 Å². The topological polar surface area (TPSA) is 59.3 Å². The van der Waals surface area contributed by atoms with E-state index in [2.05, 4.69) is 5.32 Å². The molecule has 0 unspecified atom stereocenters. The summed E-state index contributed by atoms with van der Waals surface area (Å²) < 4.78 is 27.1. The van der Waals surface area contributed by atoms with Crippen LogP contribution in [0.25, 0.3) is 0 Å². The van der Waals surface area contributed by atoms with E-state index in [4.69, 9.17) is 4.42 Å². The minimum absolute atomic E-state index is 0.170. The molecule has 0 radical (unpaired) electrons. The summed E-state index contributed by atoms with van der Waals surface area (Å²) in [5, 5.41) is 3.07. The van der Waals surface area contributed by atoms with E-state index in [1.165, 1.54) is 6.26 Å². The zero-order chi connectivity index (χ0) is 11.5. The van der Waals surface area contributed by atoms with Gasteiger partial charge in [-0.3, -0.25) is 0 Å². The summed E-state index contributed by atoms with van der Waals surface area (Å²) in [4.78, 5) is 0. The van der Waals surface area contributed by atoms with E-state index in [9.17, 15) is 8.42 Å². The molecule has 0 amide bonds. The molecular weight excluding hydrogens is 214 g/mol. The number of hydrogen-bond donors (Lipinski definition) is 1. The molecule has 15 heavy (non-hydrogen) atoms. The largest absolute Gasteiger partial charge is 0.466 e. The average Bonchev–Trinajstić information content (AvgIpc) is 2.37. The Morgan fingerprint density at radius 2 is 2.07 bits per heavy atom. The molecule has 0 spiro atoms. The lowest BCUT2D eigenvalue weighted by atomic mass is 10.2. The summed E-state index contributed by atoms with van der Waals surface area (Å²) in [5.74, 6) is 1.94. The monoisotopic (exact) mass is 231 g/mol. The lowest BCUT2D eigenvalue weighted by Crippen LogP contribution is -2.21. The Balaban J connectivity index is 2.35. The first-order chi connectivity index (χ1) is 6.88. The van der Waals surface area contributed by atoms with Crippen LogP contribution in [0.3, 0.4) is 0 Å². The van der Waals surface area contributed by atoms with Crippen LogP contribution in [0, 0.1) is 13.8 Å². The minimum Gasteiger partial charge on any atom is -0.466 e. The highest BCUT2D eigenvalue weighted by atomic mass is 32.2. The third-order valence-corrected chi connectivity index (χ3v) is 3.05. The third kappa shape index (κ3) is 4.48. The second kappa shape index (κ2) is 4.81. The van der Waals surface area contributed by atoms with E-state index in [-0.39, 0.29) is 5.75 Å². The molecule has 1 aromatic rings. The van der Waals surface area contributed by atoms with Crippen molar-refractivity contribution >= 4 is 9.84 Å². The molecule has 1 rings (SSSR count). The van der Waals surface area contributed by atoms with E-state index in [0.717, 1.165) is 17.1 Å². The van der Waals surface area contributed by atoms with Crippen molar-refractivity contribution in [2.75, 3.05) is 18.6 Å². The lowest BCUT2D eigenvalue weighted by Gasteiger charge is -2.02. The first-order valence-corrected chi connectivity index (χ1v) is 6.89. The predicted molar refractivity (Wildman–Crippen MR) is 59.6 cm³/mol. The van der Waals surface area contributed by atoms with Gasteiger partial charge in [0, 0.05) is 24.9 Å². The predicted octanol–water partition coefficient (Wildman–Crippen LogP) is 1.03. The first kappa shape index (κ1) is 12.3. The molecule has 1 N–H and O–H groups in total. The molecule has 1 aromatic heterocycles. The van der Waals surface area contributed by atoms with Crippen molar-refractivity contribution in [3.05, 3.63) is 23.2 Å². The van der Waals surface area contributed by atoms with Gasteiger partial charge in [-0.1, -0.05) is 0 Å². The van der Waals surface area contributed by atoms with E-state index >= 15 is 0 Å². The van der Waals surface area contributed by atoms with Gasteiger partial charge in [-0.2, -0.15) is 0 Å². The lowest BCUT2D eigenvalue weighted by molar-refractivity contribution is 0.499. The van der Waals surface area contributed by atoms with Crippen molar-refractivity contribution in [1.82, 2.24) is 5.32 Å². The number of hydrogen-bond acceptors (Lipinski definition) is 4. The molecule has 4 nitrogen and oxygen atoms in total. The summed E-state index contributed by atoms with van der Waals surface area (Å²) in [6.07, 6.45) is 1.24. The molecule has 0 bridgehead atoms. The summed E-state index contributed by atoms with van der Waals surface area (Å²) in [7, 11) is -2.87. The summed E-state index contributed by atoms with van der Waals surface area (Å²) in [6.45, 7) is 4.93. The second-order valence-corrected chi connectivity index (χ2v) is 6.00. The molecule has 0 atom stereocenters. The molecule has 0 aliphatic carbocycles. The SMILES string of the molecule is Cc1cc(CNCCS(C)(=O)=O)c(C)o1. The number of aryl methyl sites for hydroxylation is 2. The Bertz CT molecular complexity index is 420. The number of rotatable bonds is 5. The van der Waals surface area contributed by atoms with Crippen molar-refractivity contribution in [1.29, 1.82) is 0 Å². The molecule has 0 aromatic carbocycles. The van der Waals surface area contributed by atoms with Gasteiger partial charge >= 0.3 is 0 Å². The van der Waals surface area contributed by atoms with Crippen molar-refractivity contribution in [2.24, 2.45) is 0 Å². The van der Waals surface area contributed by atoms with Crippen molar-refractivity contribution < 1.29 is 12.8 Å². The third-order valence-electron chi connectivity index (χ3n) is 2.11. The average molecular weight is 231 g/mol. The molecule has 1 heterocycles. The number of furan rings is 1. The van der Waals surface area contributed by atoms with Crippen LogP contribution in [0.5, 0.6) is 0 Å². The van der Waals surface area contributed by atoms with Crippen molar-refractivity contribution in [3.63, 3.8) is 0 Å². The summed E-state index contributed by atoms with van der Waals surface area (Å²) in [5.41, 5.74) is 1.08. The van der Waals surface area contributed by atoms with Crippen molar-refractivity contribution in [2.45, 2.75) is 20.4 Å². The van der Waals surface area contributed by atoms with E-state index in [1.54, 1.807) is 0 Å². The van der Waals surface area contributed by atoms with Gasteiger partial charge in [-0.05, 0) is 19.9 Å². The Labute approximate surface area is 90.6 Å². The van der Waals surface area contributed by atoms with Gasteiger partial charge in [0.1, 0.15) is 21.4 Å². The highest BCUT2D eigenvalue weighted by Gasteiger charge is 2.05. The van der Waals surface area contributed by atoms with Crippen LogP contribution >= 0.6 is 0 Å². The molecule has 0 aliphatic heterocycles. The second-order valence-electron chi connectivity index (χ2n) is 3.75. The Morgan fingerprint density at radius 3 is 2.53 bits per heavy atom. The Kier molecular flexibility index (Phi) is 3.93. The molecule has 0 fully saturated rings. The van der Waals surface area contributed by atoms with Crippen LogP contribution in [0.1, 0.15) is 17.1 Å². The smallest absolute Gasteiger partial charge is 0.148 e. The number of nitrogens with one attached hydrogen (secondary N) is 1. The normalized spacial score (nSPS) is 11.9. The van der Waals surface area contributed by atoms with Gasteiger partial charge in [0.05, 0.1) is 5.75 Å². The molecular formula is C10H17NO3S. The first-order valence-electron chi connectivity index (χ1n) is 4.83. The molecule has 86 valence electrons. The standard InChI is InChI=1S/C10H17NO3S/c1-8-6-10(9(2)14-8)7-11-4-5-15(3,12)13/h6,11H,4-5,7H2,1-3H3. The fourth-order valence-electron chi connectivity index (χ4n) is 1.34. The fourth-order valence-corrected chi connectivity index (χ4v) is 1.85.